The lowest BCUT2D eigenvalue weighted by molar-refractivity contribution is -0.274. The largest absolute Gasteiger partial charge is 0.573 e. The normalized spacial score (nSPS) is 37.9. The fraction of sp³-hybridized carbons (Fsp3) is 0.767. The molecule has 6 nitrogen and oxygen atoms in total. The van der Waals surface area contributed by atoms with Crippen molar-refractivity contribution in [2.75, 3.05) is 31.0 Å². The van der Waals surface area contributed by atoms with Crippen molar-refractivity contribution in [2.45, 2.75) is 78.0 Å². The highest BCUT2D eigenvalue weighted by Gasteiger charge is 2.62. The molecule has 0 bridgehead atoms. The topological polar surface area (TPSA) is 90.8 Å². The fourth-order valence-corrected chi connectivity index (χ4v) is 9.70. The Morgan fingerprint density at radius 2 is 1.87 bits per heavy atom. The van der Waals surface area contributed by atoms with Crippen LogP contribution in [0.4, 0.5) is 24.5 Å². The Labute approximate surface area is 229 Å². The van der Waals surface area contributed by atoms with Gasteiger partial charge in [-0.1, -0.05) is 26.3 Å². The third-order valence-corrected chi connectivity index (χ3v) is 11.3. The van der Waals surface area contributed by atoms with Crippen LogP contribution >= 0.6 is 0 Å². The van der Waals surface area contributed by atoms with Gasteiger partial charge < -0.3 is 20.2 Å². The number of rotatable bonds is 7. The quantitative estimate of drug-likeness (QED) is 0.234. The molecule has 0 saturated heterocycles. The van der Waals surface area contributed by atoms with E-state index in [0.717, 1.165) is 50.2 Å². The zero-order valence-corrected chi connectivity index (χ0v) is 23.4. The maximum absolute atomic E-state index is 13.7. The Morgan fingerprint density at radius 3 is 2.59 bits per heavy atom. The number of nitrogen functional groups attached to an aromatic ring is 1. The van der Waals surface area contributed by atoms with Crippen LogP contribution in [-0.2, 0) is 9.53 Å². The van der Waals surface area contributed by atoms with Crippen molar-refractivity contribution in [3.8, 4) is 5.75 Å². The summed E-state index contributed by atoms with van der Waals surface area (Å²) in [5.41, 5.74) is 6.05. The predicted molar refractivity (Wildman–Crippen MR) is 145 cm³/mol. The number of carbonyl (C=O) groups is 1. The number of hydrazine groups is 1. The second kappa shape index (κ2) is 10.4. The summed E-state index contributed by atoms with van der Waals surface area (Å²) >= 11 is 0. The molecule has 4 N–H and O–H groups in total. The number of hydrogen-bond donors (Lipinski definition) is 2. The Kier molecular flexibility index (Phi) is 7.63. The van der Waals surface area contributed by atoms with E-state index in [-0.39, 0.29) is 40.5 Å². The molecule has 0 radical (unpaired) electrons. The molecular formula is C30H44F3N3O3. The first-order chi connectivity index (χ1) is 18.4. The van der Waals surface area contributed by atoms with Crippen molar-refractivity contribution in [1.29, 1.82) is 0 Å². The van der Waals surface area contributed by atoms with Crippen LogP contribution in [-0.4, -0.2) is 32.4 Å². The SMILES string of the molecule is COCC12CCC(C)CC1CCC1C2CC[C@@]2(C)C1CC[C@@H]2C(=O)CN(N)c1cccc(OC(F)(F)F)c1N. The van der Waals surface area contributed by atoms with Crippen LogP contribution in [0.3, 0.4) is 0 Å². The Morgan fingerprint density at radius 1 is 1.10 bits per heavy atom. The van der Waals surface area contributed by atoms with Gasteiger partial charge in [-0.05, 0) is 104 Å². The molecule has 4 aliphatic carbocycles. The van der Waals surface area contributed by atoms with Gasteiger partial charge in [0.15, 0.2) is 11.5 Å². The second-order valence-electron chi connectivity index (χ2n) is 13.2. The van der Waals surface area contributed by atoms with E-state index in [1.54, 1.807) is 0 Å². The van der Waals surface area contributed by atoms with Crippen molar-refractivity contribution >= 4 is 17.2 Å². The van der Waals surface area contributed by atoms with Crippen LogP contribution in [0, 0.1) is 46.3 Å². The summed E-state index contributed by atoms with van der Waals surface area (Å²) in [7, 11) is 1.85. The van der Waals surface area contributed by atoms with Gasteiger partial charge in [0.25, 0.3) is 0 Å². The van der Waals surface area contributed by atoms with Crippen LogP contribution in [0.2, 0.25) is 0 Å². The Bertz CT molecular complexity index is 1070. The highest BCUT2D eigenvalue weighted by atomic mass is 19.4. The molecular weight excluding hydrogens is 507 g/mol. The van der Waals surface area contributed by atoms with E-state index < -0.39 is 12.1 Å². The van der Waals surface area contributed by atoms with Crippen molar-refractivity contribution < 1.29 is 27.4 Å². The maximum atomic E-state index is 13.7. The molecule has 4 aliphatic rings. The van der Waals surface area contributed by atoms with Crippen molar-refractivity contribution in [3.05, 3.63) is 18.2 Å². The highest BCUT2D eigenvalue weighted by molar-refractivity contribution is 5.88. The van der Waals surface area contributed by atoms with E-state index in [4.69, 9.17) is 16.3 Å². The molecule has 0 heterocycles. The minimum Gasteiger partial charge on any atom is -0.403 e. The van der Waals surface area contributed by atoms with Gasteiger partial charge in [-0.2, -0.15) is 0 Å². The fourth-order valence-electron chi connectivity index (χ4n) is 9.70. The number of para-hydroxylation sites is 1. The number of anilines is 2. The second-order valence-corrected chi connectivity index (χ2v) is 13.2. The number of benzene rings is 1. The van der Waals surface area contributed by atoms with Crippen LogP contribution < -0.4 is 21.3 Å². The van der Waals surface area contributed by atoms with E-state index in [0.29, 0.717) is 17.8 Å². The monoisotopic (exact) mass is 551 g/mol. The first-order valence-corrected chi connectivity index (χ1v) is 14.6. The summed E-state index contributed by atoms with van der Waals surface area (Å²) in [6, 6.07) is 4.04. The van der Waals surface area contributed by atoms with Gasteiger partial charge in [-0.15, -0.1) is 13.2 Å². The molecule has 0 aliphatic heterocycles. The summed E-state index contributed by atoms with van der Waals surface area (Å²) in [6.07, 6.45) is 5.48. The van der Waals surface area contributed by atoms with Crippen molar-refractivity contribution in [2.24, 2.45) is 52.2 Å². The lowest BCUT2D eigenvalue weighted by Gasteiger charge is -2.62. The van der Waals surface area contributed by atoms with Gasteiger partial charge >= 0.3 is 6.36 Å². The average Bonchev–Trinajstić information content (AvgIpc) is 3.22. The van der Waals surface area contributed by atoms with Crippen molar-refractivity contribution in [1.82, 2.24) is 0 Å². The molecule has 1 aromatic rings. The Balaban J connectivity index is 1.31. The molecule has 4 saturated carbocycles. The van der Waals surface area contributed by atoms with Gasteiger partial charge in [0, 0.05) is 13.0 Å². The third-order valence-electron chi connectivity index (χ3n) is 11.3. The number of nitrogens with zero attached hydrogens (tertiary/aromatic N) is 1. The third kappa shape index (κ3) is 5.03. The number of alkyl halides is 3. The zero-order chi connectivity index (χ0) is 28.2. The zero-order valence-electron chi connectivity index (χ0n) is 23.4. The van der Waals surface area contributed by atoms with E-state index in [1.807, 2.05) is 7.11 Å². The van der Waals surface area contributed by atoms with Crippen LogP contribution in [0.25, 0.3) is 0 Å². The molecule has 0 amide bonds. The summed E-state index contributed by atoms with van der Waals surface area (Å²) in [5, 5.41) is 1.17. The molecule has 4 fully saturated rings. The number of Topliss-reactive ketones (excluding diaryl/α,β-unsaturated/α-hetero) is 1. The highest BCUT2D eigenvalue weighted by Crippen LogP contribution is 2.68. The molecule has 1 aromatic carbocycles. The predicted octanol–water partition coefficient (Wildman–Crippen LogP) is 6.34. The van der Waals surface area contributed by atoms with Gasteiger partial charge in [-0.3, -0.25) is 4.79 Å². The van der Waals surface area contributed by atoms with E-state index in [1.165, 1.54) is 49.2 Å². The van der Waals surface area contributed by atoms with Gasteiger partial charge in [0.1, 0.15) is 0 Å². The van der Waals surface area contributed by atoms with Crippen molar-refractivity contribution in [3.63, 3.8) is 0 Å². The average molecular weight is 552 g/mol. The first kappa shape index (κ1) is 28.5. The van der Waals surface area contributed by atoms with Crippen LogP contribution in [0.5, 0.6) is 5.75 Å². The minimum atomic E-state index is -4.87. The number of ether oxygens (including phenoxy) is 2. The van der Waals surface area contributed by atoms with E-state index in [2.05, 4.69) is 18.6 Å². The van der Waals surface area contributed by atoms with Gasteiger partial charge in [0.2, 0.25) is 0 Å². The van der Waals surface area contributed by atoms with Crippen LogP contribution in [0.15, 0.2) is 18.2 Å². The molecule has 8 atom stereocenters. The smallest absolute Gasteiger partial charge is 0.403 e. The lowest BCUT2D eigenvalue weighted by atomic mass is 9.44. The van der Waals surface area contributed by atoms with Crippen LogP contribution in [0.1, 0.15) is 71.6 Å². The Hall–Kier alpha value is -2.00. The molecule has 0 aromatic heterocycles. The number of halogens is 3. The molecule has 5 rings (SSSR count). The summed E-state index contributed by atoms with van der Waals surface area (Å²) in [5.74, 6) is 8.91. The molecule has 6 unspecified atom stereocenters. The minimum absolute atomic E-state index is 0.0364. The number of ketones is 1. The standard InChI is InChI=1S/C30H44F3N3O3/c1-18-11-14-29(17-38-3)19(15-18)7-8-20-21-9-10-23(28(21,2)13-12-22(20)29)25(37)16-36(35)24-5-4-6-26(27(24)34)39-30(31,32)33/h4-6,18-23H,7-17,34-35H2,1-3H3/t18?,19?,20?,21?,22?,23-,28+,29?/m1/s1. The molecule has 0 spiro atoms. The first-order valence-electron chi connectivity index (χ1n) is 14.6. The van der Waals surface area contributed by atoms with E-state index in [9.17, 15) is 18.0 Å². The van der Waals surface area contributed by atoms with E-state index >= 15 is 0 Å². The molecule has 39 heavy (non-hydrogen) atoms. The number of methoxy groups -OCH3 is 1. The molecule has 218 valence electrons. The summed E-state index contributed by atoms with van der Waals surface area (Å²) in [6.45, 7) is 5.43. The number of fused-ring (bicyclic) bond motifs is 5. The van der Waals surface area contributed by atoms with Gasteiger partial charge in [0.05, 0.1) is 24.5 Å². The molecule has 9 heteroatoms. The summed E-state index contributed by atoms with van der Waals surface area (Å²) in [4.78, 5) is 13.7. The number of carbonyl (C=O) groups excluding carboxylic acids is 1. The lowest BCUT2D eigenvalue weighted by Crippen LogP contribution is -2.56. The van der Waals surface area contributed by atoms with Gasteiger partial charge in [-0.25, -0.2) is 5.84 Å². The number of nitrogens with two attached hydrogens (primary N) is 2. The maximum Gasteiger partial charge on any atom is 0.573 e. The summed E-state index contributed by atoms with van der Waals surface area (Å²) < 4.78 is 48.3. The number of hydrogen-bond acceptors (Lipinski definition) is 6.